The number of fused-ring (bicyclic) bond motifs is 2. The van der Waals surface area contributed by atoms with Crippen molar-refractivity contribution in [3.8, 4) is 0 Å². The molecule has 5 aromatic rings. The van der Waals surface area contributed by atoms with Crippen LogP contribution < -0.4 is 11.0 Å². The van der Waals surface area contributed by atoms with Crippen LogP contribution >= 0.6 is 11.8 Å². The molecule has 1 N–H and O–H groups in total. The molecule has 0 atom stereocenters. The molecule has 0 radical (unpaired) electrons. The van der Waals surface area contributed by atoms with Crippen molar-refractivity contribution in [1.82, 2.24) is 14.4 Å². The second-order valence-electron chi connectivity index (χ2n) is 6.81. The highest BCUT2D eigenvalue weighted by atomic mass is 32.2. The van der Waals surface area contributed by atoms with Gasteiger partial charge in [-0.2, -0.15) is 5.10 Å². The maximum absolute atomic E-state index is 13.2. The number of hydrogen-bond donors (Lipinski definition) is 1. The Hall–Kier alpha value is -3.91. The first-order chi connectivity index (χ1) is 15.2. The molecule has 0 saturated carbocycles. The van der Waals surface area contributed by atoms with Gasteiger partial charge in [-0.1, -0.05) is 36.4 Å². The molecule has 152 valence electrons. The summed E-state index contributed by atoms with van der Waals surface area (Å²) in [5.41, 5.74) is 6.79. The number of oxazole rings is 1. The Balaban J connectivity index is 1.59. The van der Waals surface area contributed by atoms with Gasteiger partial charge in [-0.25, -0.2) is 9.97 Å². The molecule has 5 rings (SSSR count). The molecule has 31 heavy (non-hydrogen) atoms. The van der Waals surface area contributed by atoms with E-state index in [1.54, 1.807) is 6.20 Å². The summed E-state index contributed by atoms with van der Waals surface area (Å²) >= 11 is 1.20. The van der Waals surface area contributed by atoms with Crippen molar-refractivity contribution in [3.63, 3.8) is 0 Å². The molecule has 0 spiro atoms. The van der Waals surface area contributed by atoms with Crippen LogP contribution in [0.3, 0.4) is 0 Å². The monoisotopic (exact) mass is 427 g/mol. The van der Waals surface area contributed by atoms with E-state index in [1.807, 2.05) is 73.7 Å². The Kier molecular flexibility index (Phi) is 4.97. The molecule has 0 fully saturated rings. The predicted molar refractivity (Wildman–Crippen MR) is 122 cm³/mol. The summed E-state index contributed by atoms with van der Waals surface area (Å²) in [6.45, 7) is 1.92. The van der Waals surface area contributed by atoms with E-state index in [0.29, 0.717) is 27.0 Å². The van der Waals surface area contributed by atoms with Gasteiger partial charge in [0.15, 0.2) is 5.58 Å². The first-order valence-electron chi connectivity index (χ1n) is 9.58. The number of hydrogen-bond acceptors (Lipinski definition) is 7. The lowest BCUT2D eigenvalue weighted by atomic mass is 10.3. The average molecular weight is 427 g/mol. The Morgan fingerprint density at radius 1 is 1.03 bits per heavy atom. The normalized spacial score (nSPS) is 11.5. The zero-order chi connectivity index (χ0) is 21.2. The van der Waals surface area contributed by atoms with Gasteiger partial charge in [0.2, 0.25) is 0 Å². The fraction of sp³-hybridized carbons (Fsp3) is 0.0435. The summed E-state index contributed by atoms with van der Waals surface area (Å²) in [5.74, 6) is 0. The smallest absolute Gasteiger partial charge is 0.267 e. The van der Waals surface area contributed by atoms with Crippen LogP contribution in [-0.4, -0.2) is 20.6 Å². The van der Waals surface area contributed by atoms with E-state index in [0.717, 1.165) is 16.8 Å². The second-order valence-corrected chi connectivity index (χ2v) is 7.75. The zero-order valence-electron chi connectivity index (χ0n) is 16.5. The third-order valence-electron chi connectivity index (χ3n) is 4.67. The summed E-state index contributed by atoms with van der Waals surface area (Å²) in [5, 5.41) is 5.14. The number of hydrazone groups is 1. The minimum atomic E-state index is -0.217. The summed E-state index contributed by atoms with van der Waals surface area (Å²) in [7, 11) is 0. The van der Waals surface area contributed by atoms with Crippen molar-refractivity contribution in [2.45, 2.75) is 17.2 Å². The van der Waals surface area contributed by atoms with E-state index in [2.05, 4.69) is 15.5 Å². The van der Waals surface area contributed by atoms with Gasteiger partial charge in [-0.05, 0) is 54.6 Å². The topological polar surface area (TPSA) is 84.8 Å². The van der Waals surface area contributed by atoms with E-state index >= 15 is 0 Å². The molecule has 0 unspecified atom stereocenters. The quantitative estimate of drug-likeness (QED) is 0.248. The van der Waals surface area contributed by atoms with Crippen LogP contribution in [0, 0.1) is 6.92 Å². The number of benzene rings is 2. The van der Waals surface area contributed by atoms with Crippen molar-refractivity contribution in [2.75, 3.05) is 5.43 Å². The molecule has 3 aromatic heterocycles. The molecule has 0 aliphatic rings. The molecule has 3 heterocycles. The molecular formula is C23H17N5O2S. The molecule has 0 bridgehead atoms. The van der Waals surface area contributed by atoms with Crippen molar-refractivity contribution >= 4 is 40.4 Å². The summed E-state index contributed by atoms with van der Waals surface area (Å²) in [6, 6.07) is 20.8. The van der Waals surface area contributed by atoms with E-state index in [-0.39, 0.29) is 5.56 Å². The predicted octanol–water partition coefficient (Wildman–Crippen LogP) is 4.74. The van der Waals surface area contributed by atoms with E-state index in [1.165, 1.54) is 22.4 Å². The largest absolute Gasteiger partial charge is 0.431 e. The molecule has 2 aromatic carbocycles. The maximum Gasteiger partial charge on any atom is 0.267 e. The Bertz CT molecular complexity index is 1440. The lowest BCUT2D eigenvalue weighted by Crippen LogP contribution is -2.21. The summed E-state index contributed by atoms with van der Waals surface area (Å²) < 4.78 is 7.35. The third-order valence-corrected chi connectivity index (χ3v) is 5.52. The minimum Gasteiger partial charge on any atom is -0.431 e. The lowest BCUT2D eigenvalue weighted by Gasteiger charge is -2.08. The van der Waals surface area contributed by atoms with Gasteiger partial charge in [0.1, 0.15) is 16.2 Å². The zero-order valence-corrected chi connectivity index (χ0v) is 17.3. The van der Waals surface area contributed by atoms with Crippen LogP contribution in [-0.2, 0) is 0 Å². The number of aromatic nitrogens is 3. The van der Waals surface area contributed by atoms with Crippen LogP contribution in [0.4, 0.5) is 5.69 Å². The van der Waals surface area contributed by atoms with Crippen molar-refractivity contribution in [1.29, 1.82) is 0 Å². The first kappa shape index (κ1) is 19.1. The van der Waals surface area contributed by atoms with Gasteiger partial charge in [-0.15, -0.1) is 0 Å². The average Bonchev–Trinajstić information content (AvgIpc) is 3.20. The van der Waals surface area contributed by atoms with Gasteiger partial charge in [-0.3, -0.25) is 14.6 Å². The van der Waals surface area contributed by atoms with Crippen molar-refractivity contribution in [2.24, 2.45) is 5.10 Å². The van der Waals surface area contributed by atoms with Crippen molar-refractivity contribution < 1.29 is 4.42 Å². The molecule has 7 nitrogen and oxygen atoms in total. The SMILES string of the molecule is Cc1cccn2c(=O)c(/C=N/Nc3ccccc3)c(Sc3nc4ccccc4o3)nc12. The second kappa shape index (κ2) is 8.08. The molecule has 8 heteroatoms. The van der Waals surface area contributed by atoms with E-state index < -0.39 is 0 Å². The van der Waals surface area contributed by atoms with Gasteiger partial charge < -0.3 is 4.42 Å². The third kappa shape index (κ3) is 3.80. The highest BCUT2D eigenvalue weighted by Crippen LogP contribution is 2.30. The fourth-order valence-corrected chi connectivity index (χ4v) is 3.96. The number of aryl methyl sites for hydroxylation is 1. The van der Waals surface area contributed by atoms with Crippen LogP contribution in [0.15, 0.2) is 97.5 Å². The Labute approximate surface area is 181 Å². The number of nitrogens with one attached hydrogen (secondary N) is 1. The summed E-state index contributed by atoms with van der Waals surface area (Å²) in [6.07, 6.45) is 3.19. The van der Waals surface area contributed by atoms with Gasteiger partial charge in [0, 0.05) is 6.20 Å². The minimum absolute atomic E-state index is 0.217. The Morgan fingerprint density at radius 2 is 1.84 bits per heavy atom. The molecular weight excluding hydrogens is 410 g/mol. The maximum atomic E-state index is 13.2. The number of rotatable bonds is 5. The first-order valence-corrected chi connectivity index (χ1v) is 10.4. The standard InChI is InChI=1S/C23H17N5O2S/c1-15-8-7-13-28-20(15)26-21(31-23-25-18-11-5-6-12-19(18)30-23)17(22(28)29)14-24-27-16-9-3-2-4-10-16/h2-14,27H,1H3/b24-14+. The number of pyridine rings is 1. The van der Waals surface area contributed by atoms with Crippen LogP contribution in [0.1, 0.15) is 11.1 Å². The molecule has 0 saturated heterocycles. The van der Waals surface area contributed by atoms with E-state index in [9.17, 15) is 4.79 Å². The molecule has 0 aliphatic heterocycles. The summed E-state index contributed by atoms with van der Waals surface area (Å²) in [4.78, 5) is 22.5. The van der Waals surface area contributed by atoms with Crippen LogP contribution in [0.5, 0.6) is 0 Å². The molecule has 0 aliphatic carbocycles. The van der Waals surface area contributed by atoms with Crippen molar-refractivity contribution in [3.05, 3.63) is 94.4 Å². The lowest BCUT2D eigenvalue weighted by molar-refractivity contribution is 0.489. The Morgan fingerprint density at radius 3 is 2.68 bits per heavy atom. The van der Waals surface area contributed by atoms with Crippen LogP contribution in [0.2, 0.25) is 0 Å². The highest BCUT2D eigenvalue weighted by molar-refractivity contribution is 7.99. The number of nitrogens with zero attached hydrogens (tertiary/aromatic N) is 4. The number of anilines is 1. The van der Waals surface area contributed by atoms with Crippen LogP contribution in [0.25, 0.3) is 16.7 Å². The molecule has 0 amide bonds. The van der Waals surface area contributed by atoms with Gasteiger partial charge in [0.25, 0.3) is 10.8 Å². The van der Waals surface area contributed by atoms with Gasteiger partial charge in [0.05, 0.1) is 17.5 Å². The number of para-hydroxylation sites is 3. The van der Waals surface area contributed by atoms with E-state index in [4.69, 9.17) is 9.40 Å². The highest BCUT2D eigenvalue weighted by Gasteiger charge is 2.17. The van der Waals surface area contributed by atoms with Gasteiger partial charge >= 0.3 is 0 Å². The fourth-order valence-electron chi connectivity index (χ4n) is 3.14.